The molecule has 1 amide bonds. The molecule has 0 atom stereocenters. The highest BCUT2D eigenvalue weighted by Crippen LogP contribution is 2.27. The van der Waals surface area contributed by atoms with Crippen molar-refractivity contribution in [2.45, 2.75) is 54.9 Å². The number of aryl methyl sites for hydroxylation is 3. The lowest BCUT2D eigenvalue weighted by molar-refractivity contribution is -0.131. The molecule has 0 radical (unpaired) electrons. The standard InChI is InChI=1S/C26H35N3O/c1-17(2)15-28(16-18(3)4)25(30)14-23-26(22-9-8-20(6)21(7)13-22)27-24-12-19(5)10-11-29(23)24/h8-13,17-18H,14-16H2,1-7H3. The maximum Gasteiger partial charge on any atom is 0.228 e. The van der Waals surface area contributed by atoms with Crippen molar-refractivity contribution in [1.29, 1.82) is 0 Å². The number of hydrogen-bond donors (Lipinski definition) is 0. The molecule has 0 unspecified atom stereocenters. The fourth-order valence-corrected chi connectivity index (χ4v) is 3.90. The minimum Gasteiger partial charge on any atom is -0.342 e. The molecule has 0 spiro atoms. The van der Waals surface area contributed by atoms with Crippen LogP contribution in [-0.2, 0) is 11.2 Å². The lowest BCUT2D eigenvalue weighted by atomic mass is 10.0. The minimum atomic E-state index is 0.171. The summed E-state index contributed by atoms with van der Waals surface area (Å²) < 4.78 is 2.08. The molecule has 0 saturated carbocycles. The Hall–Kier alpha value is -2.62. The Morgan fingerprint density at radius 3 is 2.23 bits per heavy atom. The first-order valence-electron chi connectivity index (χ1n) is 11.0. The van der Waals surface area contributed by atoms with Crippen LogP contribution in [0.25, 0.3) is 16.9 Å². The lowest BCUT2D eigenvalue weighted by Gasteiger charge is -2.26. The van der Waals surface area contributed by atoms with Crippen molar-refractivity contribution in [1.82, 2.24) is 14.3 Å². The summed E-state index contributed by atoms with van der Waals surface area (Å²) in [4.78, 5) is 20.3. The van der Waals surface area contributed by atoms with E-state index in [1.54, 1.807) is 0 Å². The average Bonchev–Trinajstić information content (AvgIpc) is 3.00. The molecule has 0 bridgehead atoms. The van der Waals surface area contributed by atoms with Crippen molar-refractivity contribution in [3.05, 3.63) is 58.9 Å². The highest BCUT2D eigenvalue weighted by molar-refractivity contribution is 5.82. The van der Waals surface area contributed by atoms with E-state index in [-0.39, 0.29) is 5.91 Å². The van der Waals surface area contributed by atoms with Crippen molar-refractivity contribution in [2.75, 3.05) is 13.1 Å². The van der Waals surface area contributed by atoms with Crippen LogP contribution in [0.1, 0.15) is 50.1 Å². The maximum atomic E-state index is 13.4. The van der Waals surface area contributed by atoms with Crippen LogP contribution in [0, 0.1) is 32.6 Å². The SMILES string of the molecule is Cc1ccn2c(CC(=O)N(CC(C)C)CC(C)C)c(-c3ccc(C)c(C)c3)nc2c1. The van der Waals surface area contributed by atoms with Gasteiger partial charge in [-0.05, 0) is 67.5 Å². The highest BCUT2D eigenvalue weighted by Gasteiger charge is 2.22. The number of carbonyl (C=O) groups excluding carboxylic acids is 1. The van der Waals surface area contributed by atoms with Gasteiger partial charge in [0.15, 0.2) is 0 Å². The van der Waals surface area contributed by atoms with Gasteiger partial charge in [0.25, 0.3) is 0 Å². The van der Waals surface area contributed by atoms with Crippen molar-refractivity contribution < 1.29 is 4.79 Å². The monoisotopic (exact) mass is 405 g/mol. The Morgan fingerprint density at radius 2 is 1.63 bits per heavy atom. The number of benzene rings is 1. The number of pyridine rings is 1. The van der Waals surface area contributed by atoms with E-state index in [2.05, 4.69) is 83.2 Å². The average molecular weight is 406 g/mol. The maximum absolute atomic E-state index is 13.4. The van der Waals surface area contributed by atoms with Gasteiger partial charge in [-0.3, -0.25) is 4.79 Å². The van der Waals surface area contributed by atoms with Crippen molar-refractivity contribution >= 4 is 11.6 Å². The van der Waals surface area contributed by atoms with Gasteiger partial charge in [0.2, 0.25) is 5.91 Å². The fraction of sp³-hybridized carbons (Fsp3) is 0.462. The van der Waals surface area contributed by atoms with Gasteiger partial charge in [0.1, 0.15) is 5.65 Å². The van der Waals surface area contributed by atoms with Gasteiger partial charge in [-0.25, -0.2) is 4.98 Å². The second-order valence-corrected chi connectivity index (χ2v) is 9.40. The van der Waals surface area contributed by atoms with Crippen LogP contribution in [0.4, 0.5) is 0 Å². The number of nitrogens with zero attached hydrogens (tertiary/aromatic N) is 3. The predicted molar refractivity (Wildman–Crippen MR) is 125 cm³/mol. The normalized spacial score (nSPS) is 11.6. The molecular weight excluding hydrogens is 370 g/mol. The summed E-state index contributed by atoms with van der Waals surface area (Å²) in [6.45, 7) is 16.5. The summed E-state index contributed by atoms with van der Waals surface area (Å²) in [7, 11) is 0. The van der Waals surface area contributed by atoms with E-state index < -0.39 is 0 Å². The van der Waals surface area contributed by atoms with Gasteiger partial charge >= 0.3 is 0 Å². The molecule has 0 aliphatic carbocycles. The number of amides is 1. The van der Waals surface area contributed by atoms with E-state index >= 15 is 0 Å². The Labute approximate surface area is 180 Å². The number of carbonyl (C=O) groups is 1. The molecule has 4 nitrogen and oxygen atoms in total. The van der Waals surface area contributed by atoms with Crippen LogP contribution in [0.15, 0.2) is 36.5 Å². The van der Waals surface area contributed by atoms with Crippen LogP contribution in [0.3, 0.4) is 0 Å². The van der Waals surface area contributed by atoms with Crippen LogP contribution in [0.5, 0.6) is 0 Å². The summed E-state index contributed by atoms with van der Waals surface area (Å²) in [6, 6.07) is 10.6. The van der Waals surface area contributed by atoms with Gasteiger partial charge in [0.05, 0.1) is 17.8 Å². The zero-order valence-electron chi connectivity index (χ0n) is 19.5. The van der Waals surface area contributed by atoms with Crippen molar-refractivity contribution in [3.8, 4) is 11.3 Å². The highest BCUT2D eigenvalue weighted by atomic mass is 16.2. The summed E-state index contributed by atoms with van der Waals surface area (Å²) in [5, 5.41) is 0. The summed E-state index contributed by atoms with van der Waals surface area (Å²) >= 11 is 0. The summed E-state index contributed by atoms with van der Waals surface area (Å²) in [5.74, 6) is 1.05. The molecule has 4 heteroatoms. The molecule has 0 fully saturated rings. The smallest absolute Gasteiger partial charge is 0.228 e. The Balaban J connectivity index is 2.06. The predicted octanol–water partition coefficient (Wildman–Crippen LogP) is 5.61. The molecule has 0 saturated heterocycles. The number of aromatic nitrogens is 2. The molecule has 3 rings (SSSR count). The number of imidazole rings is 1. The minimum absolute atomic E-state index is 0.171. The quantitative estimate of drug-likeness (QED) is 0.512. The van der Waals surface area contributed by atoms with E-state index in [1.165, 1.54) is 16.7 Å². The van der Waals surface area contributed by atoms with Crippen LogP contribution in [0.2, 0.25) is 0 Å². The first-order chi connectivity index (χ1) is 14.2. The summed E-state index contributed by atoms with van der Waals surface area (Å²) in [6.07, 6.45) is 2.39. The Kier molecular flexibility index (Phi) is 6.64. The second-order valence-electron chi connectivity index (χ2n) is 9.40. The third-order valence-corrected chi connectivity index (χ3v) is 5.50. The molecular formula is C26H35N3O. The first-order valence-corrected chi connectivity index (χ1v) is 11.0. The molecule has 0 aliphatic heterocycles. The third-order valence-electron chi connectivity index (χ3n) is 5.50. The van der Waals surface area contributed by atoms with Gasteiger partial charge in [-0.2, -0.15) is 0 Å². The van der Waals surface area contributed by atoms with Crippen molar-refractivity contribution in [2.24, 2.45) is 11.8 Å². The van der Waals surface area contributed by atoms with Gasteiger partial charge < -0.3 is 9.30 Å². The van der Waals surface area contributed by atoms with Crippen molar-refractivity contribution in [3.63, 3.8) is 0 Å². The van der Waals surface area contributed by atoms with Gasteiger partial charge in [-0.1, -0.05) is 39.8 Å². The summed E-state index contributed by atoms with van der Waals surface area (Å²) in [5.41, 5.74) is 7.50. The zero-order valence-corrected chi connectivity index (χ0v) is 19.5. The van der Waals surface area contributed by atoms with E-state index in [4.69, 9.17) is 4.98 Å². The number of fused-ring (bicyclic) bond motifs is 1. The lowest BCUT2D eigenvalue weighted by Crippen LogP contribution is -2.38. The third kappa shape index (κ3) is 4.92. The molecule has 0 aliphatic rings. The topological polar surface area (TPSA) is 37.6 Å². The number of hydrogen-bond acceptors (Lipinski definition) is 2. The van der Waals surface area contributed by atoms with E-state index in [0.29, 0.717) is 18.3 Å². The molecule has 160 valence electrons. The number of rotatable bonds is 7. The molecule has 30 heavy (non-hydrogen) atoms. The largest absolute Gasteiger partial charge is 0.342 e. The Bertz CT molecular complexity index is 1040. The van der Waals surface area contributed by atoms with Crippen LogP contribution < -0.4 is 0 Å². The Morgan fingerprint density at radius 1 is 0.967 bits per heavy atom. The van der Waals surface area contributed by atoms with Crippen LogP contribution in [-0.4, -0.2) is 33.3 Å². The van der Waals surface area contributed by atoms with E-state index in [1.807, 2.05) is 11.1 Å². The molecule has 2 heterocycles. The van der Waals surface area contributed by atoms with Gasteiger partial charge in [0, 0.05) is 24.8 Å². The first kappa shape index (κ1) is 22.1. The molecule has 1 aromatic carbocycles. The van der Waals surface area contributed by atoms with Crippen LogP contribution >= 0.6 is 0 Å². The second kappa shape index (κ2) is 9.03. The molecule has 2 aromatic heterocycles. The van der Waals surface area contributed by atoms with E-state index in [9.17, 15) is 4.79 Å². The zero-order chi connectivity index (χ0) is 22.0. The fourth-order valence-electron chi connectivity index (χ4n) is 3.90. The van der Waals surface area contributed by atoms with E-state index in [0.717, 1.165) is 35.7 Å². The molecule has 3 aromatic rings. The molecule has 0 N–H and O–H groups in total. The van der Waals surface area contributed by atoms with Gasteiger partial charge in [-0.15, -0.1) is 0 Å².